The average molecular weight is 492 g/mol. The smallest absolute Gasteiger partial charge is 0.277 e. The molecule has 35 heavy (non-hydrogen) atoms. The van der Waals surface area contributed by atoms with E-state index in [4.69, 9.17) is 14.5 Å². The maximum atomic E-state index is 13.0. The number of rotatable bonds is 5. The van der Waals surface area contributed by atoms with Crippen LogP contribution in [0.1, 0.15) is 15.9 Å². The zero-order valence-corrected chi connectivity index (χ0v) is 20.5. The first-order valence-corrected chi connectivity index (χ1v) is 12.0. The monoisotopic (exact) mass is 491 g/mol. The minimum atomic E-state index is -0.219. The van der Waals surface area contributed by atoms with E-state index in [0.29, 0.717) is 54.0 Å². The first kappa shape index (κ1) is 22.9. The summed E-state index contributed by atoms with van der Waals surface area (Å²) < 4.78 is 11.9. The van der Waals surface area contributed by atoms with Gasteiger partial charge in [-0.25, -0.2) is 4.98 Å². The molecular weight excluding hydrogens is 466 g/mol. The lowest BCUT2D eigenvalue weighted by Crippen LogP contribution is -2.49. The van der Waals surface area contributed by atoms with Crippen LogP contribution in [0.2, 0.25) is 0 Å². The van der Waals surface area contributed by atoms with Gasteiger partial charge in [-0.1, -0.05) is 35.1 Å². The van der Waals surface area contributed by atoms with Gasteiger partial charge >= 0.3 is 0 Å². The van der Waals surface area contributed by atoms with Crippen LogP contribution in [-0.2, 0) is 0 Å². The largest absolute Gasteiger partial charge is 0.493 e. The molecule has 0 aliphatic carbocycles. The molecule has 1 aliphatic heterocycles. The van der Waals surface area contributed by atoms with Crippen molar-refractivity contribution in [1.29, 1.82) is 0 Å². The van der Waals surface area contributed by atoms with Crippen molar-refractivity contribution < 1.29 is 14.3 Å². The molecule has 1 aliphatic rings. The average Bonchev–Trinajstić information content (AvgIpc) is 3.33. The molecule has 2 aromatic heterocycles. The number of anilines is 1. The predicted octanol–water partition coefficient (Wildman–Crippen LogP) is 3.11. The normalized spacial score (nSPS) is 13.8. The highest BCUT2D eigenvalue weighted by Gasteiger charge is 2.24. The first-order valence-electron chi connectivity index (χ1n) is 11.2. The summed E-state index contributed by atoms with van der Waals surface area (Å²) in [6.07, 6.45) is 0. The molecule has 10 heteroatoms. The summed E-state index contributed by atoms with van der Waals surface area (Å²) in [7, 11) is 3.11. The number of amides is 1. The van der Waals surface area contributed by atoms with Crippen LogP contribution < -0.4 is 19.9 Å². The van der Waals surface area contributed by atoms with Gasteiger partial charge in [-0.2, -0.15) is 9.61 Å². The molecule has 0 unspecified atom stereocenters. The van der Waals surface area contributed by atoms with E-state index in [1.165, 1.54) is 21.9 Å². The summed E-state index contributed by atoms with van der Waals surface area (Å²) in [6.45, 7) is 4.21. The SMILES string of the molecule is COc1ccc(C(=O)N2CCN(c3cc(=O)n4nc(-c5cccc(C)c5)sc4n3)CC2)cc1OC. The Kier molecular flexibility index (Phi) is 6.12. The Balaban J connectivity index is 1.32. The van der Waals surface area contributed by atoms with Gasteiger partial charge in [-0.05, 0) is 31.2 Å². The van der Waals surface area contributed by atoms with Crippen molar-refractivity contribution in [2.75, 3.05) is 45.3 Å². The third-order valence-corrected chi connectivity index (χ3v) is 6.98. The maximum Gasteiger partial charge on any atom is 0.277 e. The van der Waals surface area contributed by atoms with E-state index >= 15 is 0 Å². The Hall–Kier alpha value is -3.92. The Morgan fingerprint density at radius 2 is 1.74 bits per heavy atom. The molecule has 0 radical (unpaired) electrons. The molecule has 180 valence electrons. The highest BCUT2D eigenvalue weighted by Crippen LogP contribution is 2.29. The predicted molar refractivity (Wildman–Crippen MR) is 135 cm³/mol. The second-order valence-electron chi connectivity index (χ2n) is 8.27. The fraction of sp³-hybridized carbons (Fsp3) is 0.280. The van der Waals surface area contributed by atoms with Crippen molar-refractivity contribution in [3.8, 4) is 22.1 Å². The molecule has 0 N–H and O–H groups in total. The van der Waals surface area contributed by atoms with Gasteiger partial charge in [0.25, 0.3) is 11.5 Å². The van der Waals surface area contributed by atoms with Crippen molar-refractivity contribution >= 4 is 28.0 Å². The van der Waals surface area contributed by atoms with Crippen LogP contribution in [0.5, 0.6) is 11.5 Å². The number of aryl methyl sites for hydroxylation is 1. The third-order valence-electron chi connectivity index (χ3n) is 6.02. The Bertz CT molecular complexity index is 1460. The number of carbonyl (C=O) groups excluding carboxylic acids is 1. The van der Waals surface area contributed by atoms with Gasteiger partial charge in [-0.15, -0.1) is 0 Å². The molecule has 0 spiro atoms. The zero-order chi connectivity index (χ0) is 24.5. The van der Waals surface area contributed by atoms with Gasteiger partial charge in [0.15, 0.2) is 11.5 Å². The highest BCUT2D eigenvalue weighted by atomic mass is 32.1. The van der Waals surface area contributed by atoms with Crippen LogP contribution >= 0.6 is 11.3 Å². The van der Waals surface area contributed by atoms with Crippen LogP contribution in [0, 0.1) is 6.92 Å². The van der Waals surface area contributed by atoms with E-state index in [0.717, 1.165) is 16.1 Å². The number of hydrogen-bond donors (Lipinski definition) is 0. The third kappa shape index (κ3) is 4.44. The van der Waals surface area contributed by atoms with Crippen LogP contribution in [0.15, 0.2) is 53.3 Å². The van der Waals surface area contributed by atoms with Crippen LogP contribution in [0.25, 0.3) is 15.5 Å². The Morgan fingerprint density at radius 1 is 0.971 bits per heavy atom. The summed E-state index contributed by atoms with van der Waals surface area (Å²) in [4.78, 5) is 34.9. The van der Waals surface area contributed by atoms with E-state index < -0.39 is 0 Å². The second kappa shape index (κ2) is 9.38. The van der Waals surface area contributed by atoms with Crippen molar-refractivity contribution in [1.82, 2.24) is 19.5 Å². The number of piperazine rings is 1. The van der Waals surface area contributed by atoms with Gasteiger partial charge in [0, 0.05) is 43.4 Å². The quantitative estimate of drug-likeness (QED) is 0.424. The van der Waals surface area contributed by atoms with E-state index in [1.807, 2.05) is 36.1 Å². The molecule has 0 bridgehead atoms. The van der Waals surface area contributed by atoms with Crippen molar-refractivity contribution in [2.45, 2.75) is 6.92 Å². The summed E-state index contributed by atoms with van der Waals surface area (Å²) in [5.41, 5.74) is 2.42. The number of aromatic nitrogens is 3. The number of nitrogens with zero attached hydrogens (tertiary/aromatic N) is 5. The molecular formula is C25H25N5O4S. The molecule has 1 fully saturated rings. The zero-order valence-electron chi connectivity index (χ0n) is 19.7. The standard InChI is InChI=1S/C25H25N5O4S/c1-16-5-4-6-17(13-16)23-27-30-22(31)15-21(26-25(30)35-23)28-9-11-29(12-10-28)24(32)18-7-8-19(33-2)20(14-18)34-3/h4-8,13-15H,9-12H2,1-3H3. The molecule has 4 aromatic rings. The van der Waals surface area contributed by atoms with E-state index in [2.05, 4.69) is 5.10 Å². The Morgan fingerprint density at radius 3 is 2.46 bits per heavy atom. The maximum absolute atomic E-state index is 13.0. The van der Waals surface area contributed by atoms with Crippen LogP contribution in [0.3, 0.4) is 0 Å². The summed E-state index contributed by atoms with van der Waals surface area (Å²) >= 11 is 1.39. The summed E-state index contributed by atoms with van der Waals surface area (Å²) in [6, 6.07) is 14.7. The fourth-order valence-corrected chi connectivity index (χ4v) is 5.04. The number of benzene rings is 2. The van der Waals surface area contributed by atoms with Gasteiger partial charge in [0.1, 0.15) is 10.8 Å². The molecule has 0 atom stereocenters. The number of fused-ring (bicyclic) bond motifs is 1. The minimum Gasteiger partial charge on any atom is -0.493 e. The van der Waals surface area contributed by atoms with Gasteiger partial charge < -0.3 is 19.3 Å². The molecule has 1 saturated heterocycles. The lowest BCUT2D eigenvalue weighted by Gasteiger charge is -2.35. The van der Waals surface area contributed by atoms with E-state index in [9.17, 15) is 9.59 Å². The van der Waals surface area contributed by atoms with Crippen molar-refractivity contribution in [3.63, 3.8) is 0 Å². The van der Waals surface area contributed by atoms with E-state index in [1.54, 1.807) is 37.3 Å². The van der Waals surface area contributed by atoms with Gasteiger partial charge in [-0.3, -0.25) is 9.59 Å². The van der Waals surface area contributed by atoms with Gasteiger partial charge in [0.05, 0.1) is 14.2 Å². The molecule has 3 heterocycles. The number of methoxy groups -OCH3 is 2. The molecule has 1 amide bonds. The summed E-state index contributed by atoms with van der Waals surface area (Å²) in [5, 5.41) is 5.23. The van der Waals surface area contributed by atoms with Crippen molar-refractivity contribution in [2.24, 2.45) is 0 Å². The van der Waals surface area contributed by atoms with Gasteiger partial charge in [0.2, 0.25) is 4.96 Å². The highest BCUT2D eigenvalue weighted by molar-refractivity contribution is 7.19. The first-order chi connectivity index (χ1) is 17.0. The number of carbonyl (C=O) groups is 1. The molecule has 0 saturated carbocycles. The second-order valence-corrected chi connectivity index (χ2v) is 9.23. The van der Waals surface area contributed by atoms with Crippen LogP contribution in [0.4, 0.5) is 5.82 Å². The molecule has 2 aromatic carbocycles. The minimum absolute atomic E-state index is 0.0701. The number of ether oxygens (including phenoxy) is 2. The fourth-order valence-electron chi connectivity index (χ4n) is 4.15. The molecule has 5 rings (SSSR count). The lowest BCUT2D eigenvalue weighted by molar-refractivity contribution is 0.0746. The topological polar surface area (TPSA) is 89.3 Å². The van der Waals surface area contributed by atoms with E-state index in [-0.39, 0.29) is 11.5 Å². The Labute approximate surface area is 206 Å². The summed E-state index contributed by atoms with van der Waals surface area (Å²) in [5.74, 6) is 1.63. The number of hydrogen-bond acceptors (Lipinski definition) is 8. The van der Waals surface area contributed by atoms with Crippen molar-refractivity contribution in [3.05, 3.63) is 70.0 Å². The molecule has 9 nitrogen and oxygen atoms in total. The van der Waals surface area contributed by atoms with Crippen LogP contribution in [-0.4, -0.2) is 65.8 Å². The lowest BCUT2D eigenvalue weighted by atomic mass is 10.1.